The molecule has 0 aliphatic carbocycles. The van der Waals surface area contributed by atoms with Crippen LogP contribution in [0, 0.1) is 0 Å². The predicted octanol–water partition coefficient (Wildman–Crippen LogP) is 3.29. The topological polar surface area (TPSA) is 24.5 Å². The van der Waals surface area contributed by atoms with Gasteiger partial charge in [0.1, 0.15) is 0 Å². The highest BCUT2D eigenvalue weighted by Crippen LogP contribution is 2.34. The van der Waals surface area contributed by atoms with Gasteiger partial charge in [0.15, 0.2) is 0 Å². The molecule has 2 heterocycles. The Morgan fingerprint density at radius 2 is 2.24 bits per heavy atom. The summed E-state index contributed by atoms with van der Waals surface area (Å²) in [6, 6.07) is 7.35. The van der Waals surface area contributed by atoms with Crippen LogP contribution in [-0.2, 0) is 11.2 Å². The number of benzene rings is 1. The third-order valence-corrected chi connectivity index (χ3v) is 5.01. The van der Waals surface area contributed by atoms with E-state index in [1.807, 2.05) is 7.05 Å². The highest BCUT2D eigenvalue weighted by atomic mass is 16.5. The smallest absolute Gasteiger partial charge is 0.0758 e. The van der Waals surface area contributed by atoms with Crippen molar-refractivity contribution in [1.29, 1.82) is 0 Å². The van der Waals surface area contributed by atoms with E-state index >= 15 is 0 Å². The average Bonchev–Trinajstić information content (AvgIpc) is 3.01. The lowest BCUT2D eigenvalue weighted by atomic mass is 10.0. The summed E-state index contributed by atoms with van der Waals surface area (Å²) in [6.07, 6.45) is 3.92. The number of nitrogens with zero attached hydrogens (tertiary/aromatic N) is 1. The molecule has 2 aliphatic rings. The lowest BCUT2D eigenvalue weighted by molar-refractivity contribution is -0.0114. The van der Waals surface area contributed by atoms with Crippen LogP contribution in [0.1, 0.15) is 50.8 Å². The van der Waals surface area contributed by atoms with Crippen molar-refractivity contribution in [3.05, 3.63) is 29.3 Å². The Hall–Kier alpha value is -1.06. The van der Waals surface area contributed by atoms with Crippen molar-refractivity contribution >= 4 is 5.69 Å². The number of fused-ring (bicyclic) bond motifs is 1. The van der Waals surface area contributed by atoms with Gasteiger partial charge in [-0.25, -0.2) is 0 Å². The van der Waals surface area contributed by atoms with Crippen LogP contribution in [-0.4, -0.2) is 31.8 Å². The second-order valence-electron chi connectivity index (χ2n) is 7.13. The maximum absolute atomic E-state index is 6.15. The van der Waals surface area contributed by atoms with E-state index in [-0.39, 0.29) is 5.60 Å². The Balaban J connectivity index is 1.70. The van der Waals surface area contributed by atoms with Crippen molar-refractivity contribution < 1.29 is 4.74 Å². The molecule has 0 radical (unpaired) electrons. The summed E-state index contributed by atoms with van der Waals surface area (Å²) in [5, 5.41) is 3.32. The maximum Gasteiger partial charge on any atom is 0.0758 e. The molecule has 0 aromatic heterocycles. The van der Waals surface area contributed by atoms with Crippen LogP contribution in [0.25, 0.3) is 0 Å². The van der Waals surface area contributed by atoms with Crippen molar-refractivity contribution in [2.45, 2.75) is 57.8 Å². The number of nitrogens with one attached hydrogen (secondary N) is 1. The van der Waals surface area contributed by atoms with Crippen LogP contribution in [0.4, 0.5) is 5.69 Å². The summed E-state index contributed by atoms with van der Waals surface area (Å²) < 4.78 is 6.15. The second kappa shape index (κ2) is 5.62. The van der Waals surface area contributed by atoms with E-state index in [2.05, 4.69) is 49.2 Å². The minimum Gasteiger partial charge on any atom is -0.371 e. The third kappa shape index (κ3) is 3.09. The molecular weight excluding hydrogens is 260 g/mol. The minimum absolute atomic E-state index is 0.0688. The molecule has 3 heteroatoms. The van der Waals surface area contributed by atoms with Crippen LogP contribution < -0.4 is 10.2 Å². The van der Waals surface area contributed by atoms with Crippen molar-refractivity contribution in [3.63, 3.8) is 0 Å². The summed E-state index contributed by atoms with van der Waals surface area (Å²) in [5.74, 6) is 0. The van der Waals surface area contributed by atoms with Crippen LogP contribution in [0.15, 0.2) is 18.2 Å². The molecular formula is C18H28N2O. The molecule has 0 bridgehead atoms. The van der Waals surface area contributed by atoms with Crippen LogP contribution in [0.2, 0.25) is 0 Å². The summed E-state index contributed by atoms with van der Waals surface area (Å²) in [6.45, 7) is 8.79. The lowest BCUT2D eigenvalue weighted by Crippen LogP contribution is -2.32. The Morgan fingerprint density at radius 1 is 1.43 bits per heavy atom. The Kier molecular flexibility index (Phi) is 3.98. The van der Waals surface area contributed by atoms with Gasteiger partial charge in [0.25, 0.3) is 0 Å². The first-order valence-corrected chi connectivity index (χ1v) is 8.21. The molecule has 2 aliphatic heterocycles. The van der Waals surface area contributed by atoms with Crippen LogP contribution >= 0.6 is 0 Å². The first-order chi connectivity index (χ1) is 9.98. The fraction of sp³-hybridized carbons (Fsp3) is 0.667. The molecule has 1 aromatic carbocycles. The van der Waals surface area contributed by atoms with Gasteiger partial charge >= 0.3 is 0 Å². The number of hydrogen-bond donors (Lipinski definition) is 1. The molecule has 3 rings (SSSR count). The molecule has 3 nitrogen and oxygen atoms in total. The molecule has 116 valence electrons. The van der Waals surface area contributed by atoms with Gasteiger partial charge in [-0.1, -0.05) is 12.1 Å². The zero-order chi connectivity index (χ0) is 15.0. The molecule has 1 N–H and O–H groups in total. The molecule has 0 spiro atoms. The van der Waals surface area contributed by atoms with E-state index < -0.39 is 0 Å². The quantitative estimate of drug-likeness (QED) is 0.920. The third-order valence-electron chi connectivity index (χ3n) is 5.01. The number of ether oxygens (including phenoxy) is 1. The molecule has 1 aromatic rings. The summed E-state index contributed by atoms with van der Waals surface area (Å²) in [7, 11) is 2.02. The Bertz CT molecular complexity index is 512. The molecule has 2 atom stereocenters. The first-order valence-electron chi connectivity index (χ1n) is 8.21. The monoisotopic (exact) mass is 288 g/mol. The fourth-order valence-corrected chi connectivity index (χ4v) is 3.57. The number of rotatable bonds is 4. The van der Waals surface area contributed by atoms with Gasteiger partial charge in [-0.05, 0) is 64.3 Å². The van der Waals surface area contributed by atoms with Gasteiger partial charge in [0, 0.05) is 24.8 Å². The van der Waals surface area contributed by atoms with E-state index in [9.17, 15) is 0 Å². The normalized spacial score (nSPS) is 25.1. The summed E-state index contributed by atoms with van der Waals surface area (Å²) in [5.41, 5.74) is 4.36. The first kappa shape index (κ1) is 14.9. The van der Waals surface area contributed by atoms with E-state index in [4.69, 9.17) is 4.74 Å². The van der Waals surface area contributed by atoms with Gasteiger partial charge in [0.05, 0.1) is 11.7 Å². The predicted molar refractivity (Wildman–Crippen MR) is 88.0 cm³/mol. The van der Waals surface area contributed by atoms with Crippen molar-refractivity contribution in [2.75, 3.05) is 25.0 Å². The molecule has 21 heavy (non-hydrogen) atoms. The van der Waals surface area contributed by atoms with Crippen LogP contribution in [0.3, 0.4) is 0 Å². The molecule has 2 unspecified atom stereocenters. The number of anilines is 1. The molecule has 1 fully saturated rings. The SMILES string of the molecule is CNC(C)c1ccc2c(c1)CCN2CC1CCC(C)(C)O1. The minimum atomic E-state index is 0.0688. The van der Waals surface area contributed by atoms with Crippen LogP contribution in [0.5, 0.6) is 0 Å². The highest BCUT2D eigenvalue weighted by molar-refractivity contribution is 5.59. The zero-order valence-corrected chi connectivity index (χ0v) is 13.8. The van der Waals surface area contributed by atoms with Crippen molar-refractivity contribution in [2.24, 2.45) is 0 Å². The standard InChI is InChI=1S/C18H28N2O/c1-13(19-4)14-5-6-17-15(11-14)8-10-20(17)12-16-7-9-18(2,3)21-16/h5-6,11,13,16,19H,7-10,12H2,1-4H3. The van der Waals surface area contributed by atoms with Gasteiger partial charge in [-0.2, -0.15) is 0 Å². The van der Waals surface area contributed by atoms with Crippen molar-refractivity contribution in [3.8, 4) is 0 Å². The van der Waals surface area contributed by atoms with Gasteiger partial charge in [-0.15, -0.1) is 0 Å². The second-order valence-corrected chi connectivity index (χ2v) is 7.13. The Morgan fingerprint density at radius 3 is 2.90 bits per heavy atom. The van der Waals surface area contributed by atoms with Gasteiger partial charge in [0.2, 0.25) is 0 Å². The van der Waals surface area contributed by atoms with E-state index in [0.717, 1.165) is 19.5 Å². The molecule has 0 saturated carbocycles. The lowest BCUT2D eigenvalue weighted by Gasteiger charge is -2.25. The average molecular weight is 288 g/mol. The molecule has 1 saturated heterocycles. The molecule has 0 amide bonds. The Labute approximate surface area is 128 Å². The maximum atomic E-state index is 6.15. The van der Waals surface area contributed by atoms with Gasteiger partial charge in [-0.3, -0.25) is 0 Å². The summed E-state index contributed by atoms with van der Waals surface area (Å²) in [4.78, 5) is 2.51. The van der Waals surface area contributed by atoms with Gasteiger partial charge < -0.3 is 15.0 Å². The highest BCUT2D eigenvalue weighted by Gasteiger charge is 2.33. The number of hydrogen-bond acceptors (Lipinski definition) is 3. The van der Waals surface area contributed by atoms with Crippen molar-refractivity contribution in [1.82, 2.24) is 5.32 Å². The van der Waals surface area contributed by atoms with E-state index in [0.29, 0.717) is 12.1 Å². The van der Waals surface area contributed by atoms with E-state index in [1.165, 1.54) is 29.7 Å². The largest absolute Gasteiger partial charge is 0.371 e. The summed E-state index contributed by atoms with van der Waals surface area (Å²) >= 11 is 0. The fourth-order valence-electron chi connectivity index (χ4n) is 3.57. The van der Waals surface area contributed by atoms with E-state index in [1.54, 1.807) is 0 Å². The zero-order valence-electron chi connectivity index (χ0n) is 13.8.